The van der Waals surface area contributed by atoms with Gasteiger partial charge in [-0.1, -0.05) is 69.4 Å². The number of amides is 2. The van der Waals surface area contributed by atoms with Gasteiger partial charge < -0.3 is 14.8 Å². The molecule has 5 nitrogen and oxygen atoms in total. The molecular weight excluding hydrogens is 386 g/mol. The lowest BCUT2D eigenvalue weighted by atomic mass is 9.92. The summed E-state index contributed by atoms with van der Waals surface area (Å²) < 4.78 is 2.04. The minimum absolute atomic E-state index is 0.0155. The number of carbonyl (C=O) groups excluding carboxylic acids is 2. The molecule has 1 N–H and O–H groups in total. The van der Waals surface area contributed by atoms with Crippen LogP contribution in [0.1, 0.15) is 75.7 Å². The van der Waals surface area contributed by atoms with Crippen LogP contribution >= 0.6 is 0 Å². The average Bonchev–Trinajstić information content (AvgIpc) is 3.17. The number of carbonyl (C=O) groups is 2. The van der Waals surface area contributed by atoms with E-state index in [9.17, 15) is 9.59 Å². The Bertz CT molecular complexity index is 912. The molecule has 2 aliphatic rings. The van der Waals surface area contributed by atoms with Crippen molar-refractivity contribution < 1.29 is 9.59 Å². The molecule has 4 rings (SSSR count). The molecule has 5 heteroatoms. The number of benzene rings is 1. The van der Waals surface area contributed by atoms with Gasteiger partial charge in [-0.25, -0.2) is 0 Å². The number of hydrogen-bond acceptors (Lipinski definition) is 2. The smallest absolute Gasteiger partial charge is 0.271 e. The molecule has 0 unspecified atom stereocenters. The van der Waals surface area contributed by atoms with E-state index < -0.39 is 5.54 Å². The van der Waals surface area contributed by atoms with Crippen molar-refractivity contribution in [3.8, 4) is 11.3 Å². The van der Waals surface area contributed by atoms with Gasteiger partial charge >= 0.3 is 0 Å². The van der Waals surface area contributed by atoms with Gasteiger partial charge in [0.25, 0.3) is 5.91 Å². The monoisotopic (exact) mass is 421 g/mol. The quantitative estimate of drug-likeness (QED) is 0.738. The highest BCUT2D eigenvalue weighted by atomic mass is 16.2. The summed E-state index contributed by atoms with van der Waals surface area (Å²) in [6, 6.07) is 14.2. The zero-order valence-corrected chi connectivity index (χ0v) is 18.9. The Morgan fingerprint density at radius 3 is 2.32 bits per heavy atom. The predicted molar refractivity (Wildman–Crippen MR) is 124 cm³/mol. The Labute approximate surface area is 185 Å². The zero-order valence-electron chi connectivity index (χ0n) is 18.9. The van der Waals surface area contributed by atoms with E-state index in [1.807, 2.05) is 41.8 Å². The summed E-state index contributed by atoms with van der Waals surface area (Å²) in [6.07, 6.45) is 9.02. The largest absolute Gasteiger partial charge is 0.351 e. The Hall–Kier alpha value is -2.56. The van der Waals surface area contributed by atoms with Gasteiger partial charge in [-0.2, -0.15) is 0 Å². The molecule has 2 aromatic rings. The van der Waals surface area contributed by atoms with Gasteiger partial charge in [0, 0.05) is 18.3 Å². The SMILES string of the molecule is CCCN1C(=O)c2ccc(-c3ccccc3)n2C[C@@]1(C)C(=O)NC1CCCCCCC1. The van der Waals surface area contributed by atoms with Crippen LogP contribution in [0.3, 0.4) is 0 Å². The van der Waals surface area contributed by atoms with E-state index in [2.05, 4.69) is 24.4 Å². The number of hydrogen-bond donors (Lipinski definition) is 1. The third kappa shape index (κ3) is 4.28. The van der Waals surface area contributed by atoms with E-state index in [4.69, 9.17) is 0 Å². The number of aromatic nitrogens is 1. The molecule has 1 aliphatic carbocycles. The third-order valence-corrected chi connectivity index (χ3v) is 6.95. The zero-order chi connectivity index (χ0) is 21.8. The van der Waals surface area contributed by atoms with Crippen LogP contribution in [0, 0.1) is 0 Å². The lowest BCUT2D eigenvalue weighted by molar-refractivity contribution is -0.133. The topological polar surface area (TPSA) is 54.3 Å². The minimum atomic E-state index is -0.898. The second kappa shape index (κ2) is 9.29. The van der Waals surface area contributed by atoms with Gasteiger partial charge in [-0.3, -0.25) is 9.59 Å². The van der Waals surface area contributed by atoms with Crippen molar-refractivity contribution in [2.24, 2.45) is 0 Å². The van der Waals surface area contributed by atoms with E-state index in [-0.39, 0.29) is 17.9 Å². The molecule has 0 saturated heterocycles. The van der Waals surface area contributed by atoms with E-state index in [1.165, 1.54) is 32.1 Å². The third-order valence-electron chi connectivity index (χ3n) is 6.95. The van der Waals surface area contributed by atoms with Crippen LogP contribution in [0.2, 0.25) is 0 Å². The number of nitrogens with zero attached hydrogens (tertiary/aromatic N) is 2. The summed E-state index contributed by atoms with van der Waals surface area (Å²) in [4.78, 5) is 29.0. The average molecular weight is 422 g/mol. The summed E-state index contributed by atoms with van der Waals surface area (Å²) in [5.41, 5.74) is 1.83. The molecule has 31 heavy (non-hydrogen) atoms. The minimum Gasteiger partial charge on any atom is -0.351 e. The molecule has 2 amide bonds. The van der Waals surface area contributed by atoms with Crippen molar-refractivity contribution >= 4 is 11.8 Å². The first-order valence-electron chi connectivity index (χ1n) is 11.9. The number of nitrogens with one attached hydrogen (secondary N) is 1. The van der Waals surface area contributed by atoms with Crippen molar-refractivity contribution in [1.29, 1.82) is 0 Å². The van der Waals surface area contributed by atoms with Crippen molar-refractivity contribution in [3.05, 3.63) is 48.2 Å². The molecule has 1 fully saturated rings. The lowest BCUT2D eigenvalue weighted by Crippen LogP contribution is -2.65. The maximum Gasteiger partial charge on any atom is 0.271 e. The predicted octanol–water partition coefficient (Wildman–Crippen LogP) is 5.01. The second-order valence-electron chi connectivity index (χ2n) is 9.30. The van der Waals surface area contributed by atoms with Crippen LogP contribution in [0.15, 0.2) is 42.5 Å². The highest BCUT2D eigenvalue weighted by Gasteiger charge is 2.47. The fourth-order valence-corrected chi connectivity index (χ4v) is 5.15. The van der Waals surface area contributed by atoms with Gasteiger partial charge in [0.1, 0.15) is 11.2 Å². The van der Waals surface area contributed by atoms with Crippen LogP contribution in [0.5, 0.6) is 0 Å². The van der Waals surface area contributed by atoms with Gasteiger partial charge in [0.2, 0.25) is 5.91 Å². The van der Waals surface area contributed by atoms with Crippen LogP contribution in [0.25, 0.3) is 11.3 Å². The molecule has 0 spiro atoms. The van der Waals surface area contributed by atoms with Gasteiger partial charge in [-0.05, 0) is 43.9 Å². The highest BCUT2D eigenvalue weighted by molar-refractivity contribution is 6.00. The molecule has 1 saturated carbocycles. The van der Waals surface area contributed by atoms with E-state index in [1.54, 1.807) is 4.90 Å². The van der Waals surface area contributed by atoms with Crippen molar-refractivity contribution in [1.82, 2.24) is 14.8 Å². The molecule has 0 radical (unpaired) electrons. The maximum atomic E-state index is 13.7. The van der Waals surface area contributed by atoms with E-state index >= 15 is 0 Å². The Morgan fingerprint density at radius 2 is 1.65 bits per heavy atom. The summed E-state index contributed by atoms with van der Waals surface area (Å²) in [5, 5.41) is 3.34. The number of rotatable bonds is 5. The highest BCUT2D eigenvalue weighted by Crippen LogP contribution is 2.33. The summed E-state index contributed by atoms with van der Waals surface area (Å²) in [5.74, 6) is -0.0659. The molecule has 1 aliphatic heterocycles. The molecular formula is C26H35N3O2. The first-order valence-corrected chi connectivity index (χ1v) is 11.9. The fourth-order valence-electron chi connectivity index (χ4n) is 5.15. The standard InChI is InChI=1S/C26H35N3O2/c1-3-18-29-24(30)23-17-16-22(20-12-8-7-9-13-20)28(23)19-26(29,2)25(31)27-21-14-10-5-4-6-11-15-21/h7-9,12-13,16-17,21H,3-6,10-11,14-15,18-19H2,1-2H3,(H,27,31)/t26-/m0/s1. The van der Waals surface area contributed by atoms with E-state index in [0.29, 0.717) is 18.8 Å². The van der Waals surface area contributed by atoms with Gasteiger partial charge in [0.15, 0.2) is 0 Å². The van der Waals surface area contributed by atoms with Crippen molar-refractivity contribution in [2.45, 2.75) is 83.3 Å². The molecule has 1 aromatic heterocycles. The van der Waals surface area contributed by atoms with Gasteiger partial charge in [0.05, 0.1) is 6.54 Å². The van der Waals surface area contributed by atoms with Crippen LogP contribution in [-0.4, -0.2) is 39.4 Å². The van der Waals surface area contributed by atoms with Crippen LogP contribution in [0.4, 0.5) is 0 Å². The summed E-state index contributed by atoms with van der Waals surface area (Å²) in [6.45, 7) is 5.06. The lowest BCUT2D eigenvalue weighted by Gasteiger charge is -2.45. The first-order chi connectivity index (χ1) is 15.0. The van der Waals surface area contributed by atoms with Crippen LogP contribution < -0.4 is 5.32 Å². The molecule has 0 bridgehead atoms. The molecule has 2 heterocycles. The molecule has 1 aromatic carbocycles. The Balaban J connectivity index is 1.65. The van der Waals surface area contributed by atoms with Crippen LogP contribution in [-0.2, 0) is 11.3 Å². The summed E-state index contributed by atoms with van der Waals surface area (Å²) >= 11 is 0. The van der Waals surface area contributed by atoms with Crippen molar-refractivity contribution in [3.63, 3.8) is 0 Å². The van der Waals surface area contributed by atoms with Crippen molar-refractivity contribution in [2.75, 3.05) is 6.54 Å². The fraction of sp³-hybridized carbons (Fsp3) is 0.538. The first kappa shape index (κ1) is 21.7. The Kier molecular flexibility index (Phi) is 6.49. The second-order valence-corrected chi connectivity index (χ2v) is 9.30. The molecule has 1 atom stereocenters. The van der Waals surface area contributed by atoms with E-state index in [0.717, 1.165) is 30.5 Å². The summed E-state index contributed by atoms with van der Waals surface area (Å²) in [7, 11) is 0. The number of fused-ring (bicyclic) bond motifs is 1. The molecule has 166 valence electrons. The Morgan fingerprint density at radius 1 is 1.00 bits per heavy atom. The van der Waals surface area contributed by atoms with Gasteiger partial charge in [-0.15, -0.1) is 0 Å². The maximum absolute atomic E-state index is 13.7. The normalized spacial score (nSPS) is 22.5.